The van der Waals surface area contributed by atoms with E-state index in [2.05, 4.69) is 11.7 Å². The van der Waals surface area contributed by atoms with E-state index in [0.717, 1.165) is 19.3 Å². The fourth-order valence-electron chi connectivity index (χ4n) is 1.67. The Morgan fingerprint density at radius 2 is 1.82 bits per heavy atom. The first-order valence-corrected chi connectivity index (χ1v) is 6.18. The van der Waals surface area contributed by atoms with Gasteiger partial charge in [-0.25, -0.2) is 0 Å². The summed E-state index contributed by atoms with van der Waals surface area (Å²) < 4.78 is 4.66. The van der Waals surface area contributed by atoms with Crippen LogP contribution in [0, 0.1) is 0 Å². The summed E-state index contributed by atoms with van der Waals surface area (Å²) >= 11 is 0. The highest BCUT2D eigenvalue weighted by Gasteiger charge is 2.19. The van der Waals surface area contributed by atoms with Crippen molar-refractivity contribution in [2.24, 2.45) is 0 Å². The van der Waals surface area contributed by atoms with Crippen molar-refractivity contribution in [1.29, 1.82) is 0 Å². The second-order valence-electron chi connectivity index (χ2n) is 4.17. The maximum atomic E-state index is 11.3. The Balaban J connectivity index is 4.27. The van der Waals surface area contributed by atoms with Gasteiger partial charge in [-0.15, -0.1) is 0 Å². The van der Waals surface area contributed by atoms with Crippen molar-refractivity contribution in [3.8, 4) is 0 Å². The zero-order valence-electron chi connectivity index (χ0n) is 11.0. The second-order valence-corrected chi connectivity index (χ2v) is 4.17. The van der Waals surface area contributed by atoms with Crippen LogP contribution in [-0.4, -0.2) is 29.4 Å². The molecule has 0 radical (unpaired) electrons. The minimum absolute atomic E-state index is 0.0250. The van der Waals surface area contributed by atoms with Gasteiger partial charge in [-0.1, -0.05) is 32.6 Å². The largest absolute Gasteiger partial charge is 0.512 e. The van der Waals surface area contributed by atoms with Crippen LogP contribution in [0.4, 0.5) is 0 Å². The highest BCUT2D eigenvalue weighted by Crippen LogP contribution is 2.16. The zero-order chi connectivity index (χ0) is 13.3. The molecule has 1 atom stereocenters. The van der Waals surface area contributed by atoms with E-state index in [4.69, 9.17) is 0 Å². The molecule has 0 fully saturated rings. The summed E-state index contributed by atoms with van der Waals surface area (Å²) in [4.78, 5) is 11.3. The summed E-state index contributed by atoms with van der Waals surface area (Å²) in [5.74, 6) is -0.409. The number of Topliss-reactive ketones (excluding diaryl/α,β-unsaturated/α-hetero) is 1. The number of carbonyl (C=O) groups excluding carboxylic acids is 1. The molecule has 4 heteroatoms. The molecule has 0 saturated heterocycles. The molecule has 0 spiro atoms. The highest BCUT2D eigenvalue weighted by molar-refractivity contribution is 5.94. The number of aliphatic hydroxyl groups is 2. The molecule has 17 heavy (non-hydrogen) atoms. The highest BCUT2D eigenvalue weighted by atomic mass is 16.6. The van der Waals surface area contributed by atoms with Gasteiger partial charge in [0.25, 0.3) is 0 Å². The SMILES string of the molecule is CCCCCCCC(O)=C(C(C)=O)C(O)OC. The van der Waals surface area contributed by atoms with Gasteiger partial charge in [0.1, 0.15) is 5.76 Å². The normalized spacial score (nSPS) is 14.4. The molecular weight excluding hydrogens is 220 g/mol. The van der Waals surface area contributed by atoms with E-state index in [1.54, 1.807) is 0 Å². The van der Waals surface area contributed by atoms with Crippen LogP contribution in [0.1, 0.15) is 52.4 Å². The fraction of sp³-hybridized carbons (Fsp3) is 0.769. The van der Waals surface area contributed by atoms with E-state index in [1.807, 2.05) is 0 Å². The Labute approximate surface area is 103 Å². The van der Waals surface area contributed by atoms with Gasteiger partial charge < -0.3 is 14.9 Å². The lowest BCUT2D eigenvalue weighted by atomic mass is 10.0. The number of hydrogen-bond donors (Lipinski definition) is 2. The lowest BCUT2D eigenvalue weighted by molar-refractivity contribution is -0.119. The van der Waals surface area contributed by atoms with Gasteiger partial charge in [-0.3, -0.25) is 4.79 Å². The van der Waals surface area contributed by atoms with E-state index in [9.17, 15) is 15.0 Å². The fourth-order valence-corrected chi connectivity index (χ4v) is 1.67. The first kappa shape index (κ1) is 16.1. The molecule has 1 unspecified atom stereocenters. The summed E-state index contributed by atoms with van der Waals surface area (Å²) in [7, 11) is 1.29. The smallest absolute Gasteiger partial charge is 0.187 e. The number of unbranched alkanes of at least 4 members (excludes halogenated alkanes) is 4. The molecule has 0 rings (SSSR count). The van der Waals surface area contributed by atoms with Crippen molar-refractivity contribution in [2.75, 3.05) is 7.11 Å². The van der Waals surface area contributed by atoms with Crippen molar-refractivity contribution in [2.45, 2.75) is 58.7 Å². The third-order valence-corrected chi connectivity index (χ3v) is 2.68. The Morgan fingerprint density at radius 1 is 1.24 bits per heavy atom. The number of allylic oxidation sites excluding steroid dienone is 1. The summed E-state index contributed by atoms with van der Waals surface area (Å²) in [6.07, 6.45) is 4.41. The Bertz CT molecular complexity index is 258. The molecule has 0 aromatic heterocycles. The van der Waals surface area contributed by atoms with E-state index in [-0.39, 0.29) is 17.1 Å². The third kappa shape index (κ3) is 6.44. The number of ketones is 1. The van der Waals surface area contributed by atoms with Gasteiger partial charge in [0.2, 0.25) is 0 Å². The molecule has 0 saturated carbocycles. The van der Waals surface area contributed by atoms with E-state index >= 15 is 0 Å². The van der Waals surface area contributed by atoms with Gasteiger partial charge in [0, 0.05) is 13.5 Å². The van der Waals surface area contributed by atoms with Crippen LogP contribution in [-0.2, 0) is 9.53 Å². The first-order chi connectivity index (χ1) is 8.04. The van der Waals surface area contributed by atoms with Crippen LogP contribution in [0.15, 0.2) is 11.3 Å². The predicted octanol–water partition coefficient (Wildman–Crippen LogP) is 2.71. The molecule has 4 nitrogen and oxygen atoms in total. The molecule has 100 valence electrons. The summed E-state index contributed by atoms with van der Waals surface area (Å²) in [5, 5.41) is 19.2. The molecule has 0 aromatic rings. The van der Waals surface area contributed by atoms with Crippen molar-refractivity contribution >= 4 is 5.78 Å². The Hall–Kier alpha value is -0.870. The Morgan fingerprint density at radius 3 is 2.29 bits per heavy atom. The van der Waals surface area contributed by atoms with Crippen LogP contribution in [0.3, 0.4) is 0 Å². The van der Waals surface area contributed by atoms with Gasteiger partial charge in [-0.2, -0.15) is 0 Å². The number of carbonyl (C=O) groups is 1. The topological polar surface area (TPSA) is 66.8 Å². The van der Waals surface area contributed by atoms with Crippen LogP contribution < -0.4 is 0 Å². The molecule has 0 aliphatic carbocycles. The van der Waals surface area contributed by atoms with Crippen LogP contribution in [0.25, 0.3) is 0 Å². The van der Waals surface area contributed by atoms with E-state index in [0.29, 0.717) is 6.42 Å². The van der Waals surface area contributed by atoms with Gasteiger partial charge in [0.05, 0.1) is 5.57 Å². The standard InChI is InChI=1S/C13H24O4/c1-4-5-6-7-8-9-11(15)12(10(2)14)13(16)17-3/h13,15-16H,4-9H2,1-3H3. The lowest BCUT2D eigenvalue weighted by Crippen LogP contribution is -2.20. The monoisotopic (exact) mass is 244 g/mol. The maximum absolute atomic E-state index is 11.3. The molecule has 0 aromatic carbocycles. The molecular formula is C13H24O4. The van der Waals surface area contributed by atoms with Crippen molar-refractivity contribution in [3.05, 3.63) is 11.3 Å². The Kier molecular flexibility index (Phi) is 8.72. The van der Waals surface area contributed by atoms with Crippen molar-refractivity contribution < 1.29 is 19.7 Å². The molecule has 2 N–H and O–H groups in total. The van der Waals surface area contributed by atoms with Gasteiger partial charge >= 0.3 is 0 Å². The summed E-state index contributed by atoms with van der Waals surface area (Å²) in [6, 6.07) is 0. The number of ether oxygens (including phenoxy) is 1. The van der Waals surface area contributed by atoms with E-state index < -0.39 is 6.29 Å². The van der Waals surface area contributed by atoms with Crippen LogP contribution >= 0.6 is 0 Å². The quantitative estimate of drug-likeness (QED) is 0.283. The number of hydrogen-bond acceptors (Lipinski definition) is 4. The van der Waals surface area contributed by atoms with Gasteiger partial charge in [0.15, 0.2) is 12.1 Å². The van der Waals surface area contributed by atoms with Crippen LogP contribution in [0.2, 0.25) is 0 Å². The summed E-state index contributed by atoms with van der Waals surface area (Å²) in [6.45, 7) is 3.45. The number of aliphatic hydroxyl groups excluding tert-OH is 2. The third-order valence-electron chi connectivity index (χ3n) is 2.68. The van der Waals surface area contributed by atoms with Gasteiger partial charge in [-0.05, 0) is 13.3 Å². The number of methoxy groups -OCH3 is 1. The minimum Gasteiger partial charge on any atom is -0.512 e. The average Bonchev–Trinajstić information content (AvgIpc) is 2.28. The average molecular weight is 244 g/mol. The minimum atomic E-state index is -1.33. The van der Waals surface area contributed by atoms with E-state index in [1.165, 1.54) is 26.9 Å². The molecule has 0 aliphatic heterocycles. The predicted molar refractivity (Wildman–Crippen MR) is 66.7 cm³/mol. The second kappa shape index (κ2) is 9.19. The van der Waals surface area contributed by atoms with Crippen LogP contribution in [0.5, 0.6) is 0 Å². The molecule has 0 amide bonds. The molecule has 0 bridgehead atoms. The molecule has 0 heterocycles. The van der Waals surface area contributed by atoms with Crippen molar-refractivity contribution in [3.63, 3.8) is 0 Å². The number of rotatable bonds is 9. The first-order valence-electron chi connectivity index (χ1n) is 6.18. The zero-order valence-corrected chi connectivity index (χ0v) is 11.0. The summed E-state index contributed by atoms with van der Waals surface area (Å²) in [5.41, 5.74) is -0.0250. The molecule has 0 aliphatic rings. The maximum Gasteiger partial charge on any atom is 0.187 e. The lowest BCUT2D eigenvalue weighted by Gasteiger charge is -2.13. The van der Waals surface area contributed by atoms with Crippen molar-refractivity contribution in [1.82, 2.24) is 0 Å².